The monoisotopic (exact) mass is 818 g/mol. The molecule has 1 heteroatoms. The van der Waals surface area contributed by atoms with E-state index < -0.39 is 0 Å². The molecule has 0 aliphatic heterocycles. The van der Waals surface area contributed by atoms with Gasteiger partial charge in [0, 0.05) is 22.4 Å². The van der Waals surface area contributed by atoms with E-state index in [2.05, 4.69) is 199 Å². The van der Waals surface area contributed by atoms with Gasteiger partial charge in [0.1, 0.15) is 0 Å². The van der Waals surface area contributed by atoms with Gasteiger partial charge in [-0.05, 0) is 130 Å². The van der Waals surface area contributed by atoms with Crippen LogP contribution in [0.4, 0.5) is 17.1 Å². The standard InChI is InChI=1S/C61H71N/c1-9-46-31-35-48(36-32-46)25-17-11-13-23-41-61(42-24-14-12-18-26-49-37-33-47(10-2)34-38-49)55-43-50(59(3,4)5)39-40-54(55)58-56(61)44-51(60(6,7)8)45-57(58)62(52-27-19-15-20-28-52)53-29-21-16-22-30-53/h9-10,15-16,19-22,27-40,43-45H,1-2,11-14,17-18,23-26,41-42H2,3-8H3. The van der Waals surface area contributed by atoms with Crippen LogP contribution in [0.3, 0.4) is 0 Å². The third kappa shape index (κ3) is 10.3. The number of benzene rings is 6. The number of rotatable bonds is 19. The van der Waals surface area contributed by atoms with Gasteiger partial charge in [-0.25, -0.2) is 0 Å². The van der Waals surface area contributed by atoms with Crippen LogP contribution in [0.2, 0.25) is 0 Å². The summed E-state index contributed by atoms with van der Waals surface area (Å²) in [6, 6.07) is 52.8. The molecule has 6 aromatic carbocycles. The molecule has 0 saturated heterocycles. The van der Waals surface area contributed by atoms with E-state index in [-0.39, 0.29) is 16.2 Å². The van der Waals surface area contributed by atoms with Crippen LogP contribution in [0, 0.1) is 0 Å². The molecule has 0 atom stereocenters. The molecular formula is C61H71N. The van der Waals surface area contributed by atoms with Crippen molar-refractivity contribution in [3.63, 3.8) is 0 Å². The molecule has 0 unspecified atom stereocenters. The zero-order valence-corrected chi connectivity index (χ0v) is 38.8. The summed E-state index contributed by atoms with van der Waals surface area (Å²) in [7, 11) is 0. The summed E-state index contributed by atoms with van der Waals surface area (Å²) in [5.41, 5.74) is 17.6. The maximum absolute atomic E-state index is 3.94. The lowest BCUT2D eigenvalue weighted by atomic mass is 9.68. The predicted octanol–water partition coefficient (Wildman–Crippen LogP) is 17.7. The second kappa shape index (κ2) is 19.8. The normalized spacial score (nSPS) is 13.1. The molecule has 0 amide bonds. The molecule has 0 radical (unpaired) electrons. The van der Waals surface area contributed by atoms with Crippen molar-refractivity contribution in [3.05, 3.63) is 197 Å². The number of unbranched alkanes of at least 4 members (excludes halogenated alkanes) is 6. The predicted molar refractivity (Wildman–Crippen MR) is 271 cm³/mol. The van der Waals surface area contributed by atoms with Crippen LogP contribution in [-0.4, -0.2) is 0 Å². The Hall–Kier alpha value is -5.40. The van der Waals surface area contributed by atoms with Crippen LogP contribution < -0.4 is 4.90 Å². The van der Waals surface area contributed by atoms with Crippen LogP contribution in [0.25, 0.3) is 23.3 Å². The first kappa shape index (κ1) is 44.6. The first-order valence-corrected chi connectivity index (χ1v) is 23.6. The third-order valence-electron chi connectivity index (χ3n) is 13.5. The van der Waals surface area contributed by atoms with Crippen LogP contribution in [0.15, 0.2) is 153 Å². The van der Waals surface area contributed by atoms with Gasteiger partial charge in [-0.3, -0.25) is 0 Å². The SMILES string of the molecule is C=Cc1ccc(CCCCCCC2(CCCCCCc3ccc(C=C)cc3)c3cc(C(C)(C)C)ccc3-c3c(N(c4ccccc4)c4ccccc4)cc(C(C)(C)C)cc32)cc1. The molecule has 0 N–H and O–H groups in total. The topological polar surface area (TPSA) is 3.24 Å². The average Bonchev–Trinajstić information content (AvgIpc) is 3.55. The minimum atomic E-state index is -0.0813. The Bertz CT molecular complexity index is 2280. The smallest absolute Gasteiger partial charge is 0.0546 e. The fourth-order valence-electron chi connectivity index (χ4n) is 9.77. The van der Waals surface area contributed by atoms with Crippen LogP contribution >= 0.6 is 0 Å². The molecule has 0 fully saturated rings. The molecule has 6 aromatic rings. The van der Waals surface area contributed by atoms with Gasteiger partial charge in [0.15, 0.2) is 0 Å². The number of fused-ring (bicyclic) bond motifs is 3. The van der Waals surface area contributed by atoms with Crippen molar-refractivity contribution in [1.29, 1.82) is 0 Å². The Morgan fingerprint density at radius 1 is 0.468 bits per heavy atom. The number of para-hydroxylation sites is 2. The number of aryl methyl sites for hydroxylation is 2. The number of nitrogens with zero attached hydrogens (tertiary/aromatic N) is 1. The quantitative estimate of drug-likeness (QED) is 0.0736. The highest BCUT2D eigenvalue weighted by Gasteiger charge is 2.45. The van der Waals surface area contributed by atoms with E-state index in [0.29, 0.717) is 0 Å². The minimum Gasteiger partial charge on any atom is -0.310 e. The fourth-order valence-corrected chi connectivity index (χ4v) is 9.77. The molecule has 1 aliphatic rings. The highest BCUT2D eigenvalue weighted by Crippen LogP contribution is 2.59. The fraction of sp³-hybridized carbons (Fsp3) is 0.344. The molecule has 62 heavy (non-hydrogen) atoms. The zero-order valence-electron chi connectivity index (χ0n) is 38.8. The van der Waals surface area contributed by atoms with E-state index in [4.69, 9.17) is 0 Å². The summed E-state index contributed by atoms with van der Waals surface area (Å²) in [5, 5.41) is 0. The first-order valence-electron chi connectivity index (χ1n) is 23.6. The van der Waals surface area contributed by atoms with Gasteiger partial charge in [-0.2, -0.15) is 0 Å². The van der Waals surface area contributed by atoms with Crippen molar-refractivity contribution >= 4 is 29.2 Å². The molecule has 0 spiro atoms. The van der Waals surface area contributed by atoms with E-state index in [1.54, 1.807) is 11.1 Å². The average molecular weight is 818 g/mol. The number of hydrogen-bond donors (Lipinski definition) is 0. The van der Waals surface area contributed by atoms with E-state index in [0.717, 1.165) is 25.7 Å². The van der Waals surface area contributed by atoms with Crippen LogP contribution in [0.5, 0.6) is 0 Å². The van der Waals surface area contributed by atoms with Gasteiger partial charge in [0.25, 0.3) is 0 Å². The molecule has 0 heterocycles. The van der Waals surface area contributed by atoms with Crippen molar-refractivity contribution in [2.75, 3.05) is 4.90 Å². The molecular weight excluding hydrogens is 747 g/mol. The van der Waals surface area contributed by atoms with Gasteiger partial charge in [-0.1, -0.05) is 215 Å². The molecule has 320 valence electrons. The lowest BCUT2D eigenvalue weighted by Gasteiger charge is -2.36. The zero-order chi connectivity index (χ0) is 43.7. The molecule has 0 aromatic heterocycles. The summed E-state index contributed by atoms with van der Waals surface area (Å²) < 4.78 is 0. The first-order chi connectivity index (χ1) is 29.9. The van der Waals surface area contributed by atoms with Crippen molar-refractivity contribution < 1.29 is 0 Å². The summed E-state index contributed by atoms with van der Waals surface area (Å²) >= 11 is 0. The van der Waals surface area contributed by atoms with Crippen molar-refractivity contribution in [3.8, 4) is 11.1 Å². The summed E-state index contributed by atoms with van der Waals surface area (Å²) in [5.74, 6) is 0. The summed E-state index contributed by atoms with van der Waals surface area (Å²) in [4.78, 5) is 2.54. The van der Waals surface area contributed by atoms with Crippen molar-refractivity contribution in [2.45, 2.75) is 135 Å². The largest absolute Gasteiger partial charge is 0.310 e. The molecule has 1 aliphatic carbocycles. The minimum absolute atomic E-state index is 0.0341. The van der Waals surface area contributed by atoms with Crippen molar-refractivity contribution in [1.82, 2.24) is 0 Å². The lowest BCUT2D eigenvalue weighted by molar-refractivity contribution is 0.398. The Morgan fingerprint density at radius 3 is 1.37 bits per heavy atom. The lowest BCUT2D eigenvalue weighted by Crippen LogP contribution is -2.27. The Kier molecular flexibility index (Phi) is 14.2. The maximum Gasteiger partial charge on any atom is 0.0546 e. The molecule has 1 nitrogen and oxygen atoms in total. The van der Waals surface area contributed by atoms with E-state index in [1.807, 2.05) is 12.2 Å². The number of anilines is 3. The molecule has 0 saturated carbocycles. The Labute approximate surface area is 375 Å². The van der Waals surface area contributed by atoms with Gasteiger partial charge < -0.3 is 4.90 Å². The van der Waals surface area contributed by atoms with Crippen LogP contribution in [-0.2, 0) is 29.1 Å². The van der Waals surface area contributed by atoms with E-state index in [9.17, 15) is 0 Å². The van der Waals surface area contributed by atoms with Gasteiger partial charge in [-0.15, -0.1) is 0 Å². The van der Waals surface area contributed by atoms with Gasteiger partial charge >= 0.3 is 0 Å². The summed E-state index contributed by atoms with van der Waals surface area (Å²) in [6.45, 7) is 22.2. The Balaban J connectivity index is 1.29. The highest BCUT2D eigenvalue weighted by molar-refractivity contribution is 5.96. The van der Waals surface area contributed by atoms with Gasteiger partial charge in [0.2, 0.25) is 0 Å². The van der Waals surface area contributed by atoms with E-state index in [1.165, 1.54) is 113 Å². The second-order valence-corrected chi connectivity index (χ2v) is 20.0. The van der Waals surface area contributed by atoms with Crippen molar-refractivity contribution in [2.24, 2.45) is 0 Å². The Morgan fingerprint density at radius 2 is 0.919 bits per heavy atom. The number of hydrogen-bond acceptors (Lipinski definition) is 1. The molecule has 7 rings (SSSR count). The third-order valence-corrected chi connectivity index (χ3v) is 13.5. The maximum atomic E-state index is 3.94. The van der Waals surface area contributed by atoms with E-state index >= 15 is 0 Å². The second-order valence-electron chi connectivity index (χ2n) is 20.0. The highest BCUT2D eigenvalue weighted by atomic mass is 15.1. The molecule has 0 bridgehead atoms. The van der Waals surface area contributed by atoms with Crippen LogP contribution in [0.1, 0.15) is 150 Å². The summed E-state index contributed by atoms with van der Waals surface area (Å²) in [6.07, 6.45) is 18.3. The van der Waals surface area contributed by atoms with Gasteiger partial charge in [0.05, 0.1) is 5.69 Å².